The van der Waals surface area contributed by atoms with Crippen LogP contribution < -0.4 is 15.4 Å². The number of halogens is 1. The molecule has 28 heavy (non-hydrogen) atoms. The molecule has 2 rings (SSSR count). The maximum absolute atomic E-state index is 12.8. The van der Waals surface area contributed by atoms with E-state index < -0.39 is 0 Å². The monoisotopic (exact) mass is 386 g/mol. The van der Waals surface area contributed by atoms with Crippen molar-refractivity contribution in [2.45, 2.75) is 33.1 Å². The van der Waals surface area contributed by atoms with E-state index >= 15 is 0 Å². The quantitative estimate of drug-likeness (QED) is 0.617. The molecule has 150 valence electrons. The number of para-hydroxylation sites is 1. The third-order valence-electron chi connectivity index (χ3n) is 4.25. The average molecular weight is 386 g/mol. The molecule has 0 saturated carbocycles. The van der Waals surface area contributed by atoms with Gasteiger partial charge in [-0.15, -0.1) is 0 Å². The molecule has 2 aromatic rings. The summed E-state index contributed by atoms with van der Waals surface area (Å²) in [5.41, 5.74) is 2.91. The van der Waals surface area contributed by atoms with Crippen LogP contribution in [0.5, 0.6) is 5.75 Å². The summed E-state index contributed by atoms with van der Waals surface area (Å²) in [7, 11) is 0. The van der Waals surface area contributed by atoms with E-state index in [1.54, 1.807) is 12.1 Å². The number of carbonyl (C=O) groups excluding carboxylic acids is 2. The first-order valence-electron chi connectivity index (χ1n) is 9.42. The standard InChI is InChI=1S/C22H27FN2O3/c1-16-5-3-6-17(2)22(16)28-14-4-7-20(26)24-12-13-25-21(27)15-18-8-10-19(23)11-9-18/h3,5-6,8-11H,4,7,12-15H2,1-2H3,(H,24,26)(H,25,27). The predicted molar refractivity (Wildman–Crippen MR) is 107 cm³/mol. The summed E-state index contributed by atoms with van der Waals surface area (Å²) in [5, 5.41) is 5.50. The van der Waals surface area contributed by atoms with Crippen LogP contribution in [0.4, 0.5) is 4.39 Å². The highest BCUT2D eigenvalue weighted by Crippen LogP contribution is 2.22. The van der Waals surface area contributed by atoms with Gasteiger partial charge in [0.05, 0.1) is 13.0 Å². The summed E-state index contributed by atoms with van der Waals surface area (Å²) in [6, 6.07) is 11.8. The van der Waals surface area contributed by atoms with Gasteiger partial charge in [0.15, 0.2) is 0 Å². The van der Waals surface area contributed by atoms with Crippen molar-refractivity contribution in [2.24, 2.45) is 0 Å². The molecule has 2 amide bonds. The van der Waals surface area contributed by atoms with E-state index in [0.29, 0.717) is 32.5 Å². The van der Waals surface area contributed by atoms with Gasteiger partial charge < -0.3 is 15.4 Å². The summed E-state index contributed by atoms with van der Waals surface area (Å²) in [5.74, 6) is 0.318. The molecule has 0 spiro atoms. The molecule has 6 heteroatoms. The number of ether oxygens (including phenoxy) is 1. The van der Waals surface area contributed by atoms with Crippen molar-refractivity contribution in [2.75, 3.05) is 19.7 Å². The fourth-order valence-corrected chi connectivity index (χ4v) is 2.78. The van der Waals surface area contributed by atoms with Gasteiger partial charge in [0, 0.05) is 19.5 Å². The molecule has 0 atom stereocenters. The molecule has 0 radical (unpaired) electrons. The number of carbonyl (C=O) groups is 2. The van der Waals surface area contributed by atoms with Gasteiger partial charge in [-0.25, -0.2) is 4.39 Å². The summed E-state index contributed by atoms with van der Waals surface area (Å²) in [6.45, 7) is 5.20. The van der Waals surface area contributed by atoms with Gasteiger partial charge in [-0.1, -0.05) is 30.3 Å². The summed E-state index contributed by atoms with van der Waals surface area (Å²) >= 11 is 0. The minimum absolute atomic E-state index is 0.0714. The van der Waals surface area contributed by atoms with Crippen molar-refractivity contribution < 1.29 is 18.7 Å². The SMILES string of the molecule is Cc1cccc(C)c1OCCCC(=O)NCCNC(=O)Cc1ccc(F)cc1. The molecule has 2 N–H and O–H groups in total. The van der Waals surface area contributed by atoms with E-state index in [9.17, 15) is 14.0 Å². The van der Waals surface area contributed by atoms with Crippen LogP contribution in [0.2, 0.25) is 0 Å². The zero-order chi connectivity index (χ0) is 20.4. The summed E-state index contributed by atoms with van der Waals surface area (Å²) < 4.78 is 18.6. The first kappa shape index (κ1) is 21.4. The summed E-state index contributed by atoms with van der Waals surface area (Å²) in [6.07, 6.45) is 1.18. The van der Waals surface area contributed by atoms with E-state index in [4.69, 9.17) is 4.74 Å². The number of benzene rings is 2. The fourth-order valence-electron chi connectivity index (χ4n) is 2.78. The highest BCUT2D eigenvalue weighted by atomic mass is 19.1. The maximum atomic E-state index is 12.8. The second-order valence-corrected chi connectivity index (χ2v) is 6.68. The largest absolute Gasteiger partial charge is 0.493 e. The molecule has 0 aromatic heterocycles. The lowest BCUT2D eigenvalue weighted by Crippen LogP contribution is -2.35. The molecule has 0 heterocycles. The van der Waals surface area contributed by atoms with Crippen LogP contribution in [-0.2, 0) is 16.0 Å². The number of aryl methyl sites for hydroxylation is 2. The third kappa shape index (κ3) is 7.39. The average Bonchev–Trinajstić information content (AvgIpc) is 2.66. The van der Waals surface area contributed by atoms with E-state index in [1.165, 1.54) is 12.1 Å². The molecular formula is C22H27FN2O3. The Balaban J connectivity index is 1.55. The minimum Gasteiger partial charge on any atom is -0.493 e. The Morgan fingerprint density at radius 3 is 2.18 bits per heavy atom. The van der Waals surface area contributed by atoms with Crippen molar-refractivity contribution in [1.82, 2.24) is 10.6 Å². The molecule has 2 aromatic carbocycles. The Labute approximate surface area is 165 Å². The van der Waals surface area contributed by atoms with Gasteiger partial charge in [-0.05, 0) is 49.1 Å². The summed E-state index contributed by atoms with van der Waals surface area (Å²) in [4.78, 5) is 23.6. The van der Waals surface area contributed by atoms with Crippen molar-refractivity contribution >= 4 is 11.8 Å². The Morgan fingerprint density at radius 2 is 1.54 bits per heavy atom. The van der Waals surface area contributed by atoms with Crippen LogP contribution in [0.25, 0.3) is 0 Å². The van der Waals surface area contributed by atoms with E-state index in [1.807, 2.05) is 32.0 Å². The molecule has 5 nitrogen and oxygen atoms in total. The van der Waals surface area contributed by atoms with Crippen molar-refractivity contribution in [3.63, 3.8) is 0 Å². The van der Waals surface area contributed by atoms with Crippen LogP contribution in [0.1, 0.15) is 29.5 Å². The zero-order valence-corrected chi connectivity index (χ0v) is 16.4. The van der Waals surface area contributed by atoms with E-state index in [0.717, 1.165) is 22.4 Å². The topological polar surface area (TPSA) is 67.4 Å². The first-order chi connectivity index (χ1) is 13.5. The minimum atomic E-state index is -0.327. The molecule has 0 unspecified atom stereocenters. The maximum Gasteiger partial charge on any atom is 0.224 e. The number of nitrogens with one attached hydrogen (secondary N) is 2. The third-order valence-corrected chi connectivity index (χ3v) is 4.25. The van der Waals surface area contributed by atoms with Crippen LogP contribution in [0.3, 0.4) is 0 Å². The molecule has 0 aliphatic heterocycles. The zero-order valence-electron chi connectivity index (χ0n) is 16.4. The normalized spacial score (nSPS) is 10.4. The lowest BCUT2D eigenvalue weighted by atomic mass is 10.1. The molecule has 0 aliphatic rings. The van der Waals surface area contributed by atoms with Crippen LogP contribution in [-0.4, -0.2) is 31.5 Å². The van der Waals surface area contributed by atoms with Gasteiger partial charge in [-0.3, -0.25) is 9.59 Å². The highest BCUT2D eigenvalue weighted by molar-refractivity contribution is 5.79. The number of hydrogen-bond acceptors (Lipinski definition) is 3. The van der Waals surface area contributed by atoms with Crippen molar-refractivity contribution in [1.29, 1.82) is 0 Å². The Kier molecular flexibility index (Phi) is 8.46. The van der Waals surface area contributed by atoms with Gasteiger partial charge in [-0.2, -0.15) is 0 Å². The molecular weight excluding hydrogens is 359 g/mol. The first-order valence-corrected chi connectivity index (χ1v) is 9.42. The molecule has 0 saturated heterocycles. The number of amides is 2. The van der Waals surface area contributed by atoms with Crippen LogP contribution in [0, 0.1) is 19.7 Å². The van der Waals surface area contributed by atoms with Gasteiger partial charge >= 0.3 is 0 Å². The van der Waals surface area contributed by atoms with Gasteiger partial charge in [0.2, 0.25) is 11.8 Å². The van der Waals surface area contributed by atoms with Gasteiger partial charge in [0.25, 0.3) is 0 Å². The Bertz CT molecular complexity index is 771. The highest BCUT2D eigenvalue weighted by Gasteiger charge is 2.06. The van der Waals surface area contributed by atoms with E-state index in [-0.39, 0.29) is 24.1 Å². The second kappa shape index (κ2) is 11.1. The lowest BCUT2D eigenvalue weighted by molar-refractivity contribution is -0.122. The number of rotatable bonds is 10. The fraction of sp³-hybridized carbons (Fsp3) is 0.364. The molecule has 0 bridgehead atoms. The molecule has 0 fully saturated rings. The van der Waals surface area contributed by atoms with Gasteiger partial charge in [0.1, 0.15) is 11.6 Å². The second-order valence-electron chi connectivity index (χ2n) is 6.68. The number of hydrogen-bond donors (Lipinski definition) is 2. The van der Waals surface area contributed by atoms with Crippen molar-refractivity contribution in [3.8, 4) is 5.75 Å². The Morgan fingerprint density at radius 1 is 0.929 bits per heavy atom. The lowest BCUT2D eigenvalue weighted by Gasteiger charge is -2.12. The van der Waals surface area contributed by atoms with Crippen molar-refractivity contribution in [3.05, 3.63) is 65.0 Å². The molecule has 0 aliphatic carbocycles. The smallest absolute Gasteiger partial charge is 0.224 e. The predicted octanol–water partition coefficient (Wildman–Crippen LogP) is 3.08. The van der Waals surface area contributed by atoms with Crippen LogP contribution >= 0.6 is 0 Å². The Hall–Kier alpha value is -2.89. The van der Waals surface area contributed by atoms with E-state index in [2.05, 4.69) is 10.6 Å². The van der Waals surface area contributed by atoms with Crippen LogP contribution in [0.15, 0.2) is 42.5 Å².